The lowest BCUT2D eigenvalue weighted by molar-refractivity contribution is 1.01. The third-order valence-electron chi connectivity index (χ3n) is 3.30. The number of hydrogen-bond donors (Lipinski definition) is 2. The number of aromatic amines is 1. The van der Waals surface area contributed by atoms with Crippen molar-refractivity contribution in [1.82, 2.24) is 15.2 Å². The largest absolute Gasteiger partial charge is 0.369 e. The second-order valence-corrected chi connectivity index (χ2v) is 5.07. The fraction of sp³-hybridized carbons (Fsp3) is 0.200. The summed E-state index contributed by atoms with van der Waals surface area (Å²) < 4.78 is 0. The van der Waals surface area contributed by atoms with Crippen LogP contribution in [0.15, 0.2) is 36.5 Å². The van der Waals surface area contributed by atoms with Crippen molar-refractivity contribution in [2.45, 2.75) is 13.3 Å². The number of pyridine rings is 1. The molecule has 102 valence electrons. The first-order valence-electron chi connectivity index (χ1n) is 6.52. The number of fused-ring (bicyclic) bond motifs is 1. The summed E-state index contributed by atoms with van der Waals surface area (Å²) in [6.07, 6.45) is 2.63. The Hall–Kier alpha value is -2.07. The lowest BCUT2D eigenvalue weighted by Crippen LogP contribution is -2.07. The molecule has 0 unspecified atom stereocenters. The van der Waals surface area contributed by atoms with E-state index in [4.69, 9.17) is 11.6 Å². The number of benzene rings is 1. The molecule has 2 heterocycles. The van der Waals surface area contributed by atoms with Gasteiger partial charge in [0.1, 0.15) is 5.82 Å². The predicted molar refractivity (Wildman–Crippen MR) is 82.3 cm³/mol. The molecule has 0 aliphatic heterocycles. The van der Waals surface area contributed by atoms with Gasteiger partial charge in [-0.05, 0) is 31.0 Å². The van der Waals surface area contributed by atoms with Crippen molar-refractivity contribution in [3.63, 3.8) is 0 Å². The molecule has 3 rings (SSSR count). The van der Waals surface area contributed by atoms with Gasteiger partial charge in [-0.1, -0.05) is 29.8 Å². The Morgan fingerprint density at radius 2 is 2.10 bits per heavy atom. The lowest BCUT2D eigenvalue weighted by atomic mass is 10.1. The highest BCUT2D eigenvalue weighted by Crippen LogP contribution is 2.22. The normalized spacial score (nSPS) is 10.9. The molecule has 1 aromatic carbocycles. The summed E-state index contributed by atoms with van der Waals surface area (Å²) in [4.78, 5) is 4.39. The lowest BCUT2D eigenvalue weighted by Gasteiger charge is -2.08. The highest BCUT2D eigenvalue weighted by molar-refractivity contribution is 6.31. The van der Waals surface area contributed by atoms with Gasteiger partial charge in [0, 0.05) is 17.8 Å². The Balaban J connectivity index is 1.75. The Morgan fingerprint density at radius 3 is 2.95 bits per heavy atom. The second-order valence-electron chi connectivity index (χ2n) is 4.66. The summed E-state index contributed by atoms with van der Waals surface area (Å²) in [7, 11) is 0. The van der Waals surface area contributed by atoms with Crippen LogP contribution in [0.5, 0.6) is 0 Å². The summed E-state index contributed by atoms with van der Waals surface area (Å²) >= 11 is 6.15. The maximum atomic E-state index is 6.15. The van der Waals surface area contributed by atoms with Gasteiger partial charge in [0.25, 0.3) is 0 Å². The van der Waals surface area contributed by atoms with E-state index in [0.29, 0.717) is 0 Å². The zero-order chi connectivity index (χ0) is 13.9. The Kier molecular flexibility index (Phi) is 3.56. The summed E-state index contributed by atoms with van der Waals surface area (Å²) in [5.74, 6) is 0.862. The van der Waals surface area contributed by atoms with Crippen LogP contribution >= 0.6 is 11.6 Å². The SMILES string of the molecule is Cc1n[nH]c2ccnc(NCCc3ccccc3Cl)c12. The fourth-order valence-electron chi connectivity index (χ4n) is 2.27. The first-order valence-corrected chi connectivity index (χ1v) is 6.90. The molecule has 0 radical (unpaired) electrons. The number of aromatic nitrogens is 3. The van der Waals surface area contributed by atoms with Crippen molar-refractivity contribution >= 4 is 28.3 Å². The van der Waals surface area contributed by atoms with E-state index in [0.717, 1.165) is 46.0 Å². The Labute approximate surface area is 122 Å². The topological polar surface area (TPSA) is 53.6 Å². The standard InChI is InChI=1S/C15H15ClN4/c1-10-14-13(20-19-10)7-9-18-15(14)17-8-6-11-4-2-3-5-12(11)16/h2-5,7,9H,6,8H2,1H3,(H,17,18)(H,19,20). The van der Waals surface area contributed by atoms with Crippen LogP contribution in [0.3, 0.4) is 0 Å². The molecule has 4 nitrogen and oxygen atoms in total. The van der Waals surface area contributed by atoms with Gasteiger partial charge < -0.3 is 5.32 Å². The highest BCUT2D eigenvalue weighted by Gasteiger charge is 2.08. The van der Waals surface area contributed by atoms with Crippen molar-refractivity contribution in [3.8, 4) is 0 Å². The fourth-order valence-corrected chi connectivity index (χ4v) is 2.50. The summed E-state index contributed by atoms with van der Waals surface area (Å²) in [6, 6.07) is 9.82. The van der Waals surface area contributed by atoms with Gasteiger partial charge >= 0.3 is 0 Å². The molecule has 3 aromatic rings. The molecule has 0 spiro atoms. The maximum absolute atomic E-state index is 6.15. The zero-order valence-corrected chi connectivity index (χ0v) is 11.9. The number of hydrogen-bond acceptors (Lipinski definition) is 3. The third kappa shape index (κ3) is 2.47. The first kappa shape index (κ1) is 12.9. The number of nitrogens with one attached hydrogen (secondary N) is 2. The number of nitrogens with zero attached hydrogens (tertiary/aromatic N) is 2. The molecule has 0 atom stereocenters. The molecule has 0 aliphatic rings. The van der Waals surface area contributed by atoms with Gasteiger partial charge in [0.2, 0.25) is 0 Å². The van der Waals surface area contributed by atoms with Crippen LogP contribution in [-0.2, 0) is 6.42 Å². The van der Waals surface area contributed by atoms with Gasteiger partial charge in [0.15, 0.2) is 0 Å². The van der Waals surface area contributed by atoms with Gasteiger partial charge in [-0.3, -0.25) is 5.10 Å². The van der Waals surface area contributed by atoms with Gasteiger partial charge in [-0.25, -0.2) is 4.98 Å². The van der Waals surface area contributed by atoms with Crippen LogP contribution in [0.2, 0.25) is 5.02 Å². The first-order chi connectivity index (χ1) is 9.75. The molecule has 20 heavy (non-hydrogen) atoms. The minimum atomic E-state index is 0.778. The molecule has 0 bridgehead atoms. The highest BCUT2D eigenvalue weighted by atomic mass is 35.5. The molecular formula is C15H15ClN4. The predicted octanol–water partition coefficient (Wildman–Crippen LogP) is 3.57. The van der Waals surface area contributed by atoms with E-state index in [-0.39, 0.29) is 0 Å². The number of H-pyrrole nitrogens is 1. The van der Waals surface area contributed by atoms with Crippen molar-refractivity contribution in [2.75, 3.05) is 11.9 Å². The average molecular weight is 287 g/mol. The van der Waals surface area contributed by atoms with Crippen molar-refractivity contribution in [2.24, 2.45) is 0 Å². The summed E-state index contributed by atoms with van der Waals surface area (Å²) in [6.45, 7) is 2.75. The molecular weight excluding hydrogens is 272 g/mol. The van der Waals surface area contributed by atoms with E-state index in [1.54, 1.807) is 6.20 Å². The van der Waals surface area contributed by atoms with Gasteiger partial charge in [0.05, 0.1) is 16.6 Å². The van der Waals surface area contributed by atoms with E-state index in [1.165, 1.54) is 0 Å². The second kappa shape index (κ2) is 5.51. The van der Waals surface area contributed by atoms with Gasteiger partial charge in [-0.15, -0.1) is 0 Å². The molecule has 0 amide bonds. The van der Waals surface area contributed by atoms with Crippen molar-refractivity contribution < 1.29 is 0 Å². The van der Waals surface area contributed by atoms with Crippen molar-refractivity contribution in [1.29, 1.82) is 0 Å². The van der Waals surface area contributed by atoms with Gasteiger partial charge in [-0.2, -0.15) is 5.10 Å². The summed E-state index contributed by atoms with van der Waals surface area (Å²) in [5, 5.41) is 12.4. The van der Waals surface area contributed by atoms with E-state index in [2.05, 4.69) is 20.5 Å². The van der Waals surface area contributed by atoms with Crippen LogP contribution < -0.4 is 5.32 Å². The van der Waals surface area contributed by atoms with Crippen LogP contribution in [0.1, 0.15) is 11.3 Å². The third-order valence-corrected chi connectivity index (χ3v) is 3.67. The van der Waals surface area contributed by atoms with Crippen LogP contribution in [0.4, 0.5) is 5.82 Å². The molecule has 5 heteroatoms. The molecule has 0 saturated carbocycles. The van der Waals surface area contributed by atoms with E-state index >= 15 is 0 Å². The average Bonchev–Trinajstić information content (AvgIpc) is 2.84. The van der Waals surface area contributed by atoms with Crippen LogP contribution in [-0.4, -0.2) is 21.7 Å². The Morgan fingerprint density at radius 1 is 1.25 bits per heavy atom. The van der Waals surface area contributed by atoms with Crippen LogP contribution in [0.25, 0.3) is 10.9 Å². The molecule has 0 saturated heterocycles. The molecule has 2 N–H and O–H groups in total. The monoisotopic (exact) mass is 286 g/mol. The number of halogens is 1. The summed E-state index contributed by atoms with van der Waals surface area (Å²) in [5.41, 5.74) is 3.09. The van der Waals surface area contributed by atoms with E-state index < -0.39 is 0 Å². The number of aryl methyl sites for hydroxylation is 1. The quantitative estimate of drug-likeness (QED) is 0.771. The molecule has 0 aliphatic carbocycles. The number of anilines is 1. The van der Waals surface area contributed by atoms with E-state index in [1.807, 2.05) is 37.3 Å². The Bertz CT molecular complexity index is 736. The minimum absolute atomic E-state index is 0.778. The number of rotatable bonds is 4. The van der Waals surface area contributed by atoms with Crippen molar-refractivity contribution in [3.05, 3.63) is 52.8 Å². The maximum Gasteiger partial charge on any atom is 0.137 e. The molecule has 0 fully saturated rings. The van der Waals surface area contributed by atoms with E-state index in [9.17, 15) is 0 Å². The smallest absolute Gasteiger partial charge is 0.137 e. The minimum Gasteiger partial charge on any atom is -0.369 e. The zero-order valence-electron chi connectivity index (χ0n) is 11.2. The van der Waals surface area contributed by atoms with Crippen LogP contribution in [0, 0.1) is 6.92 Å². The molecule has 2 aromatic heterocycles.